The first-order valence-corrected chi connectivity index (χ1v) is 10.7. The van der Waals surface area contributed by atoms with Gasteiger partial charge < -0.3 is 10.2 Å². The van der Waals surface area contributed by atoms with Gasteiger partial charge in [-0.25, -0.2) is 4.39 Å². The molecule has 1 saturated heterocycles. The first-order valence-electron chi connectivity index (χ1n) is 10.3. The van der Waals surface area contributed by atoms with Crippen LogP contribution in [0.2, 0.25) is 0 Å². The summed E-state index contributed by atoms with van der Waals surface area (Å²) in [7, 11) is 1.35. The van der Waals surface area contributed by atoms with Crippen LogP contribution in [0, 0.1) is 17.1 Å². The molecular weight excluding hydrogens is 472 g/mol. The number of carbonyl (C=O) groups is 2. The second-order valence-electron chi connectivity index (χ2n) is 8.05. The molecule has 182 valence electrons. The maximum Gasteiger partial charge on any atom is 0.417 e. The molecule has 6 nitrogen and oxygen atoms in total. The number of nitrogens with zero attached hydrogens (tertiary/aromatic N) is 3. The predicted octanol–water partition coefficient (Wildman–Crippen LogP) is 4.63. The van der Waals surface area contributed by atoms with Gasteiger partial charge in [-0.05, 0) is 63.7 Å². The highest BCUT2D eigenvalue weighted by Gasteiger charge is 2.51. The average molecular weight is 497 g/mol. The fourth-order valence-electron chi connectivity index (χ4n) is 3.65. The number of thiocarbonyl (C=S) groups is 1. The lowest BCUT2D eigenvalue weighted by atomic mass is 10.0. The molecule has 1 heterocycles. The summed E-state index contributed by atoms with van der Waals surface area (Å²) in [5, 5.41) is 11.4. The van der Waals surface area contributed by atoms with E-state index in [1.807, 2.05) is 0 Å². The molecule has 0 radical (unpaired) electrons. The molecule has 1 fully saturated rings. The topological polar surface area (TPSA) is 76.4 Å². The number of carbonyl (C=O) groups excluding carboxylic acids is 2. The quantitative estimate of drug-likeness (QED) is 0.269. The average Bonchev–Trinajstić information content (AvgIpc) is 2.92. The van der Waals surface area contributed by atoms with Gasteiger partial charge in [-0.1, -0.05) is 13.0 Å². The largest absolute Gasteiger partial charge is 0.417 e. The van der Waals surface area contributed by atoms with Crippen LogP contribution in [0.1, 0.15) is 44.5 Å². The SMILES string of the molecule is CC/C=C(C#N)\C(=C/C(C)N1C(=O)C(C)(C)N(c2ccc(C(=O)NC)c(F)c2)C1=S)C(F)(F)F. The van der Waals surface area contributed by atoms with E-state index in [4.69, 9.17) is 12.2 Å². The molecule has 0 aliphatic carbocycles. The fourth-order valence-corrected chi connectivity index (χ4v) is 4.23. The van der Waals surface area contributed by atoms with Gasteiger partial charge in [0.15, 0.2) is 5.11 Å². The maximum atomic E-state index is 14.6. The van der Waals surface area contributed by atoms with Crippen LogP contribution in [0.4, 0.5) is 23.2 Å². The minimum Gasteiger partial charge on any atom is -0.355 e. The van der Waals surface area contributed by atoms with Gasteiger partial charge in [-0.2, -0.15) is 18.4 Å². The molecule has 0 bridgehead atoms. The number of halogens is 4. The Hall–Kier alpha value is -3.26. The number of nitriles is 1. The maximum absolute atomic E-state index is 14.6. The van der Waals surface area contributed by atoms with Gasteiger partial charge in [0, 0.05) is 12.7 Å². The summed E-state index contributed by atoms with van der Waals surface area (Å²) in [5.74, 6) is -2.09. The first kappa shape index (κ1) is 27.0. The molecule has 1 unspecified atom stereocenters. The summed E-state index contributed by atoms with van der Waals surface area (Å²) in [6.45, 7) is 5.96. The van der Waals surface area contributed by atoms with Gasteiger partial charge in [-0.15, -0.1) is 0 Å². The number of hydrogen-bond donors (Lipinski definition) is 1. The Kier molecular flexibility index (Phi) is 7.88. The van der Waals surface area contributed by atoms with Gasteiger partial charge in [0.25, 0.3) is 11.8 Å². The minimum atomic E-state index is -4.83. The second kappa shape index (κ2) is 9.93. The van der Waals surface area contributed by atoms with Crippen LogP contribution >= 0.6 is 12.2 Å². The van der Waals surface area contributed by atoms with Gasteiger partial charge in [0.1, 0.15) is 11.4 Å². The third-order valence-corrected chi connectivity index (χ3v) is 5.70. The molecule has 11 heteroatoms. The highest BCUT2D eigenvalue weighted by Crippen LogP contribution is 2.37. The molecule has 1 atom stereocenters. The Morgan fingerprint density at radius 3 is 2.44 bits per heavy atom. The second-order valence-corrected chi connectivity index (χ2v) is 8.42. The third-order valence-electron chi connectivity index (χ3n) is 5.32. The number of rotatable bonds is 6. The van der Waals surface area contributed by atoms with Crippen molar-refractivity contribution in [2.75, 3.05) is 11.9 Å². The summed E-state index contributed by atoms with van der Waals surface area (Å²) in [6.07, 6.45) is -2.68. The number of hydrogen-bond acceptors (Lipinski definition) is 4. The smallest absolute Gasteiger partial charge is 0.355 e. The summed E-state index contributed by atoms with van der Waals surface area (Å²) >= 11 is 5.43. The van der Waals surface area contributed by atoms with E-state index >= 15 is 0 Å². The Morgan fingerprint density at radius 1 is 1.35 bits per heavy atom. The van der Waals surface area contributed by atoms with Gasteiger partial charge in [0.2, 0.25) is 0 Å². The normalized spacial score (nSPS) is 17.6. The zero-order chi connectivity index (χ0) is 26.0. The molecule has 34 heavy (non-hydrogen) atoms. The Bertz CT molecular complexity index is 1120. The Labute approximate surface area is 200 Å². The summed E-state index contributed by atoms with van der Waals surface area (Å²) < 4.78 is 55.7. The number of allylic oxidation sites excluding steroid dienone is 3. The first-order chi connectivity index (χ1) is 15.7. The van der Waals surface area contributed by atoms with Crippen molar-refractivity contribution in [2.24, 2.45) is 0 Å². The molecule has 1 N–H and O–H groups in total. The molecule has 1 aliphatic heterocycles. The minimum absolute atomic E-state index is 0.134. The molecule has 1 aromatic carbocycles. The van der Waals surface area contributed by atoms with Gasteiger partial charge in [-0.3, -0.25) is 14.5 Å². The molecule has 1 aromatic rings. The lowest BCUT2D eigenvalue weighted by molar-refractivity contribution is -0.130. The standard InChI is InChI=1S/C23H24F4N4O2S/c1-6-7-14(12-28)17(23(25,26)27)10-13(2)30-20(33)22(3,4)31(21(30)34)15-8-9-16(18(24)11-15)19(32)29-5/h7-11,13H,6H2,1-5H3,(H,29,32)/b14-7-,17-10+. The lowest BCUT2D eigenvalue weighted by Crippen LogP contribution is -2.44. The van der Waals surface area contributed by atoms with Gasteiger partial charge in [0.05, 0.1) is 28.8 Å². The number of nitrogens with one attached hydrogen (secondary N) is 1. The van der Waals surface area contributed by atoms with Crippen molar-refractivity contribution in [3.63, 3.8) is 0 Å². The van der Waals surface area contributed by atoms with Crippen molar-refractivity contribution in [3.05, 3.63) is 52.9 Å². The van der Waals surface area contributed by atoms with Crippen molar-refractivity contribution >= 4 is 34.8 Å². The number of amides is 2. The Balaban J connectivity index is 2.55. The zero-order valence-electron chi connectivity index (χ0n) is 19.2. The predicted molar refractivity (Wildman–Crippen MR) is 123 cm³/mol. The van der Waals surface area contributed by atoms with Crippen LogP contribution < -0.4 is 10.2 Å². The molecule has 0 spiro atoms. The van der Waals surface area contributed by atoms with Crippen molar-refractivity contribution in [2.45, 2.75) is 51.9 Å². The van der Waals surface area contributed by atoms with Crippen molar-refractivity contribution in [1.82, 2.24) is 10.2 Å². The monoisotopic (exact) mass is 496 g/mol. The Morgan fingerprint density at radius 2 is 1.97 bits per heavy atom. The molecule has 2 amide bonds. The van der Waals surface area contributed by atoms with Crippen LogP contribution in [0.5, 0.6) is 0 Å². The van der Waals surface area contributed by atoms with Crippen LogP contribution in [-0.2, 0) is 4.79 Å². The third kappa shape index (κ3) is 4.97. The summed E-state index contributed by atoms with van der Waals surface area (Å²) in [6, 6.07) is 4.06. The lowest BCUT2D eigenvalue weighted by Gasteiger charge is -2.29. The molecule has 2 rings (SSSR count). The highest BCUT2D eigenvalue weighted by atomic mass is 32.1. The zero-order valence-corrected chi connectivity index (χ0v) is 20.1. The molecule has 0 saturated carbocycles. The fraction of sp³-hybridized carbons (Fsp3) is 0.391. The van der Waals surface area contributed by atoms with Crippen molar-refractivity contribution in [3.8, 4) is 6.07 Å². The van der Waals surface area contributed by atoms with E-state index in [2.05, 4.69) is 5.32 Å². The van der Waals surface area contributed by atoms with E-state index in [1.54, 1.807) is 13.0 Å². The van der Waals surface area contributed by atoms with Crippen LogP contribution in [-0.4, -0.2) is 46.6 Å². The van der Waals surface area contributed by atoms with E-state index < -0.39 is 46.5 Å². The molecule has 0 aromatic heterocycles. The number of anilines is 1. The molecular formula is C23H24F4N4O2S. The van der Waals surface area contributed by atoms with E-state index in [1.165, 1.54) is 44.9 Å². The van der Waals surface area contributed by atoms with E-state index in [-0.39, 0.29) is 22.8 Å². The van der Waals surface area contributed by atoms with Gasteiger partial charge >= 0.3 is 6.18 Å². The summed E-state index contributed by atoms with van der Waals surface area (Å²) in [4.78, 5) is 27.3. The van der Waals surface area contributed by atoms with Crippen molar-refractivity contribution in [1.29, 1.82) is 5.26 Å². The summed E-state index contributed by atoms with van der Waals surface area (Å²) in [5.41, 5.74) is -3.13. The van der Waals surface area contributed by atoms with Crippen LogP contribution in [0.15, 0.2) is 41.5 Å². The molecule has 1 aliphatic rings. The van der Waals surface area contributed by atoms with E-state index in [0.717, 1.165) is 23.1 Å². The van der Waals surface area contributed by atoms with Crippen LogP contribution in [0.3, 0.4) is 0 Å². The highest BCUT2D eigenvalue weighted by molar-refractivity contribution is 7.80. The van der Waals surface area contributed by atoms with E-state index in [9.17, 15) is 32.4 Å². The van der Waals surface area contributed by atoms with E-state index in [0.29, 0.717) is 0 Å². The van der Waals surface area contributed by atoms with Crippen LogP contribution in [0.25, 0.3) is 0 Å². The number of benzene rings is 1. The number of alkyl halides is 3. The van der Waals surface area contributed by atoms with Crippen molar-refractivity contribution < 1.29 is 27.2 Å².